The minimum Gasteiger partial charge on any atom is -0.466 e. The molecule has 1 amide bonds. The Bertz CT molecular complexity index is 296. The number of hydrogen-bond acceptors (Lipinski definition) is 3. The minimum absolute atomic E-state index is 0.114. The highest BCUT2D eigenvalue weighted by molar-refractivity contribution is 5.79. The molecule has 0 atom stereocenters. The highest BCUT2D eigenvalue weighted by Crippen LogP contribution is 2.31. The topological polar surface area (TPSA) is 55.4 Å². The van der Waals surface area contributed by atoms with E-state index in [1.807, 2.05) is 0 Å². The maximum Gasteiger partial charge on any atom is 0.307 e. The van der Waals surface area contributed by atoms with Gasteiger partial charge in [-0.1, -0.05) is 26.2 Å². The number of hydrogen-bond donors (Lipinski definition) is 1. The Morgan fingerprint density at radius 1 is 1.15 bits per heavy atom. The number of rotatable bonds is 8. The molecule has 4 nitrogen and oxygen atoms in total. The van der Waals surface area contributed by atoms with Crippen LogP contribution in [-0.2, 0) is 14.3 Å². The zero-order valence-electron chi connectivity index (χ0n) is 13.0. The molecule has 0 aromatic rings. The SMILES string of the molecule is CCCCC1CCC(C(=O)NCCC(=O)OCC)CC1. The second-order valence-electron chi connectivity index (χ2n) is 5.71. The molecule has 1 fully saturated rings. The van der Waals surface area contributed by atoms with E-state index in [1.54, 1.807) is 6.92 Å². The lowest BCUT2D eigenvalue weighted by Gasteiger charge is -2.27. The van der Waals surface area contributed by atoms with Crippen LogP contribution in [0.25, 0.3) is 0 Å². The molecule has 0 heterocycles. The van der Waals surface area contributed by atoms with Crippen molar-refractivity contribution in [2.75, 3.05) is 13.2 Å². The number of carbonyl (C=O) groups excluding carboxylic acids is 2. The van der Waals surface area contributed by atoms with Crippen LogP contribution in [0.3, 0.4) is 0 Å². The number of nitrogens with one attached hydrogen (secondary N) is 1. The molecular weight excluding hydrogens is 254 g/mol. The monoisotopic (exact) mass is 283 g/mol. The molecule has 0 aliphatic heterocycles. The second-order valence-corrected chi connectivity index (χ2v) is 5.71. The molecule has 0 saturated heterocycles. The summed E-state index contributed by atoms with van der Waals surface area (Å²) in [6.07, 6.45) is 8.50. The van der Waals surface area contributed by atoms with Crippen LogP contribution in [0, 0.1) is 11.8 Å². The first-order chi connectivity index (χ1) is 9.67. The smallest absolute Gasteiger partial charge is 0.307 e. The summed E-state index contributed by atoms with van der Waals surface area (Å²) in [5, 5.41) is 2.86. The number of esters is 1. The van der Waals surface area contributed by atoms with Crippen LogP contribution >= 0.6 is 0 Å². The van der Waals surface area contributed by atoms with Gasteiger partial charge in [-0.25, -0.2) is 0 Å². The van der Waals surface area contributed by atoms with E-state index in [0.717, 1.165) is 18.8 Å². The molecule has 20 heavy (non-hydrogen) atoms. The van der Waals surface area contributed by atoms with Gasteiger partial charge in [0.2, 0.25) is 5.91 Å². The third kappa shape index (κ3) is 6.40. The van der Waals surface area contributed by atoms with E-state index in [2.05, 4.69) is 12.2 Å². The maximum atomic E-state index is 12.0. The van der Waals surface area contributed by atoms with Gasteiger partial charge in [0.15, 0.2) is 0 Å². The van der Waals surface area contributed by atoms with Gasteiger partial charge in [-0.15, -0.1) is 0 Å². The summed E-state index contributed by atoms with van der Waals surface area (Å²) in [4.78, 5) is 23.2. The van der Waals surface area contributed by atoms with Crippen molar-refractivity contribution < 1.29 is 14.3 Å². The summed E-state index contributed by atoms with van der Waals surface area (Å²) >= 11 is 0. The Morgan fingerprint density at radius 3 is 2.45 bits per heavy atom. The Labute approximate surface area is 122 Å². The maximum absolute atomic E-state index is 12.0. The van der Waals surface area contributed by atoms with E-state index in [4.69, 9.17) is 4.74 Å². The summed E-state index contributed by atoms with van der Waals surface area (Å²) < 4.78 is 4.83. The van der Waals surface area contributed by atoms with Crippen molar-refractivity contribution in [3.63, 3.8) is 0 Å². The predicted molar refractivity (Wildman–Crippen MR) is 79.2 cm³/mol. The van der Waals surface area contributed by atoms with Crippen molar-refractivity contribution in [2.24, 2.45) is 11.8 Å². The third-order valence-corrected chi connectivity index (χ3v) is 4.12. The summed E-state index contributed by atoms with van der Waals surface area (Å²) in [5.74, 6) is 0.841. The van der Waals surface area contributed by atoms with E-state index in [-0.39, 0.29) is 24.2 Å². The standard InChI is InChI=1S/C16H29NO3/c1-3-5-6-13-7-9-14(10-8-13)16(19)17-12-11-15(18)20-4-2/h13-14H,3-12H2,1-2H3,(H,17,19). The van der Waals surface area contributed by atoms with Gasteiger partial charge < -0.3 is 10.1 Å². The Balaban J connectivity index is 2.14. The van der Waals surface area contributed by atoms with Gasteiger partial charge in [-0.2, -0.15) is 0 Å². The van der Waals surface area contributed by atoms with Crippen molar-refractivity contribution in [3.05, 3.63) is 0 Å². The van der Waals surface area contributed by atoms with Gasteiger partial charge in [-0.05, 0) is 38.5 Å². The molecule has 0 aromatic heterocycles. The largest absolute Gasteiger partial charge is 0.466 e. The average Bonchev–Trinajstić information content (AvgIpc) is 2.46. The lowest BCUT2D eigenvalue weighted by Crippen LogP contribution is -2.34. The number of carbonyl (C=O) groups is 2. The van der Waals surface area contributed by atoms with Crippen LogP contribution in [0.4, 0.5) is 0 Å². The Hall–Kier alpha value is -1.06. The van der Waals surface area contributed by atoms with Gasteiger partial charge in [0.25, 0.3) is 0 Å². The fourth-order valence-corrected chi connectivity index (χ4v) is 2.87. The molecule has 0 aromatic carbocycles. The molecule has 4 heteroatoms. The molecule has 1 aliphatic carbocycles. The van der Waals surface area contributed by atoms with Gasteiger partial charge in [0.05, 0.1) is 13.0 Å². The quantitative estimate of drug-likeness (QED) is 0.697. The predicted octanol–water partition coefficient (Wildman–Crippen LogP) is 3.05. The first kappa shape index (κ1) is 17.0. The van der Waals surface area contributed by atoms with Crippen molar-refractivity contribution in [2.45, 2.75) is 65.2 Å². The fraction of sp³-hybridized carbons (Fsp3) is 0.875. The molecule has 0 radical (unpaired) electrons. The highest BCUT2D eigenvalue weighted by Gasteiger charge is 2.25. The van der Waals surface area contributed by atoms with Crippen LogP contribution in [0.15, 0.2) is 0 Å². The molecule has 1 aliphatic rings. The van der Waals surface area contributed by atoms with Gasteiger partial charge in [0.1, 0.15) is 0 Å². The second kappa shape index (κ2) is 9.78. The summed E-state index contributed by atoms with van der Waals surface area (Å²) in [6.45, 7) is 4.80. The van der Waals surface area contributed by atoms with Crippen LogP contribution < -0.4 is 5.32 Å². The van der Waals surface area contributed by atoms with Crippen LogP contribution in [0.1, 0.15) is 65.2 Å². The first-order valence-corrected chi connectivity index (χ1v) is 8.10. The normalized spacial score (nSPS) is 22.3. The van der Waals surface area contributed by atoms with E-state index in [1.165, 1.54) is 32.1 Å². The van der Waals surface area contributed by atoms with Gasteiger partial charge in [0, 0.05) is 12.5 Å². The van der Waals surface area contributed by atoms with Crippen molar-refractivity contribution in [1.29, 1.82) is 0 Å². The number of ether oxygens (including phenoxy) is 1. The average molecular weight is 283 g/mol. The third-order valence-electron chi connectivity index (χ3n) is 4.12. The zero-order chi connectivity index (χ0) is 14.8. The molecule has 1 saturated carbocycles. The lowest BCUT2D eigenvalue weighted by atomic mass is 9.79. The summed E-state index contributed by atoms with van der Waals surface area (Å²) in [5.41, 5.74) is 0. The van der Waals surface area contributed by atoms with Crippen LogP contribution in [0.2, 0.25) is 0 Å². The number of unbranched alkanes of at least 4 members (excludes halogenated alkanes) is 1. The molecular formula is C16H29NO3. The summed E-state index contributed by atoms with van der Waals surface area (Å²) in [7, 11) is 0. The Kier molecular flexibility index (Phi) is 8.31. The highest BCUT2D eigenvalue weighted by atomic mass is 16.5. The summed E-state index contributed by atoms with van der Waals surface area (Å²) in [6, 6.07) is 0. The molecule has 0 spiro atoms. The zero-order valence-corrected chi connectivity index (χ0v) is 13.0. The Morgan fingerprint density at radius 2 is 1.85 bits per heavy atom. The van der Waals surface area contributed by atoms with Crippen molar-refractivity contribution in [1.82, 2.24) is 5.32 Å². The molecule has 1 N–H and O–H groups in total. The molecule has 116 valence electrons. The van der Waals surface area contributed by atoms with E-state index >= 15 is 0 Å². The van der Waals surface area contributed by atoms with Crippen molar-refractivity contribution in [3.8, 4) is 0 Å². The van der Waals surface area contributed by atoms with Crippen LogP contribution in [0.5, 0.6) is 0 Å². The lowest BCUT2D eigenvalue weighted by molar-refractivity contribution is -0.143. The van der Waals surface area contributed by atoms with Gasteiger partial charge in [-0.3, -0.25) is 9.59 Å². The molecule has 0 unspecified atom stereocenters. The van der Waals surface area contributed by atoms with E-state index in [9.17, 15) is 9.59 Å². The van der Waals surface area contributed by atoms with E-state index < -0.39 is 0 Å². The van der Waals surface area contributed by atoms with E-state index in [0.29, 0.717) is 13.2 Å². The number of amides is 1. The molecule has 0 bridgehead atoms. The fourth-order valence-electron chi connectivity index (χ4n) is 2.87. The van der Waals surface area contributed by atoms with Gasteiger partial charge >= 0.3 is 5.97 Å². The minimum atomic E-state index is -0.240. The molecule has 1 rings (SSSR count). The van der Waals surface area contributed by atoms with Crippen LogP contribution in [-0.4, -0.2) is 25.0 Å². The van der Waals surface area contributed by atoms with Crippen molar-refractivity contribution >= 4 is 11.9 Å². The first-order valence-electron chi connectivity index (χ1n) is 8.10.